The Morgan fingerprint density at radius 2 is 1.36 bits per heavy atom. The van der Waals surface area contributed by atoms with Crippen molar-refractivity contribution in [1.82, 2.24) is 4.90 Å². The number of nitrogens with zero attached hydrogens (tertiary/aromatic N) is 1. The van der Waals surface area contributed by atoms with Crippen LogP contribution >= 0.6 is 0 Å². The Hall–Kier alpha value is -3.44. The van der Waals surface area contributed by atoms with E-state index in [1.807, 2.05) is 54.6 Å². The van der Waals surface area contributed by atoms with E-state index in [-0.39, 0.29) is 11.5 Å². The van der Waals surface area contributed by atoms with Crippen LogP contribution in [0, 0.1) is 0 Å². The minimum atomic E-state index is -0.972. The molecule has 0 aliphatic carbocycles. The van der Waals surface area contributed by atoms with E-state index in [1.54, 1.807) is 17.0 Å². The zero-order valence-corrected chi connectivity index (χ0v) is 15.4. The van der Waals surface area contributed by atoms with Gasteiger partial charge < -0.3 is 15.7 Å². The monoisotopic (exact) mass is 374 g/mol. The van der Waals surface area contributed by atoms with Crippen LogP contribution in [0.15, 0.2) is 78.9 Å². The average molecular weight is 374 g/mol. The van der Waals surface area contributed by atoms with Crippen molar-refractivity contribution in [2.24, 2.45) is 5.73 Å². The second-order valence-electron chi connectivity index (χ2n) is 6.46. The van der Waals surface area contributed by atoms with Crippen molar-refractivity contribution in [3.63, 3.8) is 0 Å². The Morgan fingerprint density at radius 3 is 1.93 bits per heavy atom. The molecular weight excluding hydrogens is 352 g/mol. The third-order valence-electron chi connectivity index (χ3n) is 4.50. The summed E-state index contributed by atoms with van der Waals surface area (Å²) in [7, 11) is 0. The number of carbonyl (C=O) groups excluding carboxylic acids is 1. The van der Waals surface area contributed by atoms with Crippen molar-refractivity contribution in [2.75, 3.05) is 13.1 Å². The summed E-state index contributed by atoms with van der Waals surface area (Å²) in [6.07, 6.45) is 0. The van der Waals surface area contributed by atoms with E-state index in [9.17, 15) is 9.59 Å². The van der Waals surface area contributed by atoms with Crippen LogP contribution in [0.25, 0.3) is 11.1 Å². The highest BCUT2D eigenvalue weighted by Crippen LogP contribution is 2.20. The summed E-state index contributed by atoms with van der Waals surface area (Å²) >= 11 is 0. The SMILES string of the molecule is NCCN(Cc1ccc(C(=O)O)cc1)C(=O)c1ccc(-c2ccccc2)cc1. The predicted molar refractivity (Wildman–Crippen MR) is 109 cm³/mol. The largest absolute Gasteiger partial charge is 0.478 e. The highest BCUT2D eigenvalue weighted by atomic mass is 16.4. The number of amides is 1. The van der Waals surface area contributed by atoms with Crippen molar-refractivity contribution in [3.8, 4) is 11.1 Å². The zero-order chi connectivity index (χ0) is 19.9. The molecular formula is C23H22N2O3. The van der Waals surface area contributed by atoms with Gasteiger partial charge in [-0.1, -0.05) is 54.6 Å². The summed E-state index contributed by atoms with van der Waals surface area (Å²) in [5.74, 6) is -1.08. The van der Waals surface area contributed by atoms with Gasteiger partial charge in [-0.3, -0.25) is 4.79 Å². The first-order valence-corrected chi connectivity index (χ1v) is 9.05. The number of carbonyl (C=O) groups is 2. The smallest absolute Gasteiger partial charge is 0.335 e. The zero-order valence-electron chi connectivity index (χ0n) is 15.4. The maximum Gasteiger partial charge on any atom is 0.335 e. The van der Waals surface area contributed by atoms with Gasteiger partial charge in [0, 0.05) is 25.2 Å². The molecule has 0 saturated carbocycles. The van der Waals surface area contributed by atoms with Gasteiger partial charge in [0.1, 0.15) is 0 Å². The normalized spacial score (nSPS) is 10.5. The maximum absolute atomic E-state index is 12.9. The third-order valence-corrected chi connectivity index (χ3v) is 4.50. The van der Waals surface area contributed by atoms with Crippen LogP contribution in [0.5, 0.6) is 0 Å². The van der Waals surface area contributed by atoms with Crippen molar-refractivity contribution < 1.29 is 14.7 Å². The van der Waals surface area contributed by atoms with Gasteiger partial charge in [0.25, 0.3) is 5.91 Å². The topological polar surface area (TPSA) is 83.6 Å². The Labute approximate surface area is 164 Å². The van der Waals surface area contributed by atoms with Crippen molar-refractivity contribution >= 4 is 11.9 Å². The molecule has 3 aromatic rings. The first-order valence-electron chi connectivity index (χ1n) is 9.05. The molecule has 5 nitrogen and oxygen atoms in total. The van der Waals surface area contributed by atoms with E-state index in [1.165, 1.54) is 12.1 Å². The molecule has 28 heavy (non-hydrogen) atoms. The van der Waals surface area contributed by atoms with Crippen molar-refractivity contribution in [2.45, 2.75) is 6.54 Å². The molecule has 3 aromatic carbocycles. The standard InChI is InChI=1S/C23H22N2O3/c24-14-15-25(16-17-6-8-21(9-7-17)23(27)28)22(26)20-12-10-19(11-13-20)18-4-2-1-3-5-18/h1-13H,14-16,24H2,(H,27,28). The Bertz CT molecular complexity index is 936. The lowest BCUT2D eigenvalue weighted by Gasteiger charge is -2.22. The second kappa shape index (κ2) is 8.97. The molecule has 1 amide bonds. The van der Waals surface area contributed by atoms with Crippen LogP contribution in [-0.4, -0.2) is 35.0 Å². The van der Waals surface area contributed by atoms with Crippen LogP contribution in [0.3, 0.4) is 0 Å². The molecule has 0 aliphatic rings. The summed E-state index contributed by atoms with van der Waals surface area (Å²) in [5.41, 5.74) is 9.50. The molecule has 0 aromatic heterocycles. The van der Waals surface area contributed by atoms with E-state index in [0.717, 1.165) is 16.7 Å². The van der Waals surface area contributed by atoms with Crippen LogP contribution in [0.2, 0.25) is 0 Å². The quantitative estimate of drug-likeness (QED) is 0.661. The molecule has 5 heteroatoms. The van der Waals surface area contributed by atoms with Crippen LogP contribution in [0.1, 0.15) is 26.3 Å². The highest BCUT2D eigenvalue weighted by molar-refractivity contribution is 5.94. The minimum absolute atomic E-state index is 0.104. The fourth-order valence-corrected chi connectivity index (χ4v) is 3.00. The van der Waals surface area contributed by atoms with Gasteiger partial charge in [-0.2, -0.15) is 0 Å². The molecule has 0 atom stereocenters. The van der Waals surface area contributed by atoms with Gasteiger partial charge in [0.2, 0.25) is 0 Å². The van der Waals surface area contributed by atoms with E-state index < -0.39 is 5.97 Å². The van der Waals surface area contributed by atoms with E-state index in [0.29, 0.717) is 25.2 Å². The molecule has 0 heterocycles. The molecule has 0 saturated heterocycles. The number of hydrogen-bond donors (Lipinski definition) is 2. The van der Waals surface area contributed by atoms with Gasteiger partial charge in [-0.25, -0.2) is 4.79 Å². The van der Waals surface area contributed by atoms with E-state index in [2.05, 4.69) is 0 Å². The molecule has 0 radical (unpaired) electrons. The third kappa shape index (κ3) is 4.64. The molecule has 142 valence electrons. The molecule has 0 unspecified atom stereocenters. The van der Waals surface area contributed by atoms with Gasteiger partial charge in [-0.05, 0) is 41.0 Å². The minimum Gasteiger partial charge on any atom is -0.478 e. The van der Waals surface area contributed by atoms with Crippen LogP contribution < -0.4 is 5.73 Å². The van der Waals surface area contributed by atoms with Gasteiger partial charge in [-0.15, -0.1) is 0 Å². The van der Waals surface area contributed by atoms with E-state index in [4.69, 9.17) is 10.8 Å². The van der Waals surface area contributed by atoms with Crippen LogP contribution in [-0.2, 0) is 6.54 Å². The van der Waals surface area contributed by atoms with Gasteiger partial charge in [0.15, 0.2) is 0 Å². The van der Waals surface area contributed by atoms with Crippen molar-refractivity contribution in [1.29, 1.82) is 0 Å². The van der Waals surface area contributed by atoms with Gasteiger partial charge >= 0.3 is 5.97 Å². The summed E-state index contributed by atoms with van der Waals surface area (Å²) in [5, 5.41) is 9.00. The number of nitrogens with two attached hydrogens (primary N) is 1. The van der Waals surface area contributed by atoms with E-state index >= 15 is 0 Å². The lowest BCUT2D eigenvalue weighted by Crippen LogP contribution is -2.34. The molecule has 0 fully saturated rings. The summed E-state index contributed by atoms with van der Waals surface area (Å²) in [6.45, 7) is 1.14. The molecule has 0 bridgehead atoms. The fraction of sp³-hybridized carbons (Fsp3) is 0.130. The number of benzene rings is 3. The number of hydrogen-bond acceptors (Lipinski definition) is 3. The molecule has 3 rings (SSSR count). The first-order chi connectivity index (χ1) is 13.6. The summed E-state index contributed by atoms with van der Waals surface area (Å²) in [4.78, 5) is 25.6. The lowest BCUT2D eigenvalue weighted by molar-refractivity contribution is 0.0694. The number of carboxylic acids is 1. The summed E-state index contributed by atoms with van der Waals surface area (Å²) < 4.78 is 0. The lowest BCUT2D eigenvalue weighted by atomic mass is 10.0. The maximum atomic E-state index is 12.9. The number of carboxylic acid groups (broad SMARTS) is 1. The highest BCUT2D eigenvalue weighted by Gasteiger charge is 2.16. The fourth-order valence-electron chi connectivity index (χ4n) is 3.00. The summed E-state index contributed by atoms with van der Waals surface area (Å²) in [6, 6.07) is 24.0. The van der Waals surface area contributed by atoms with Gasteiger partial charge in [0.05, 0.1) is 5.56 Å². The Balaban J connectivity index is 1.76. The van der Waals surface area contributed by atoms with Crippen molar-refractivity contribution in [3.05, 3.63) is 95.6 Å². The molecule has 3 N–H and O–H groups in total. The predicted octanol–water partition coefficient (Wildman–Crippen LogP) is 3.65. The average Bonchev–Trinajstić information content (AvgIpc) is 2.74. The Morgan fingerprint density at radius 1 is 0.786 bits per heavy atom. The van der Waals surface area contributed by atoms with Crippen LogP contribution in [0.4, 0.5) is 0 Å². The number of rotatable bonds is 7. The molecule has 0 spiro atoms. The Kier molecular flexibility index (Phi) is 6.19. The number of aromatic carboxylic acids is 1. The first kappa shape index (κ1) is 19.3. The molecule has 0 aliphatic heterocycles. The second-order valence-corrected chi connectivity index (χ2v) is 6.46.